The Morgan fingerprint density at radius 1 is 1.28 bits per heavy atom. The van der Waals surface area contributed by atoms with Crippen LogP contribution in [0.15, 0.2) is 0 Å². The SMILES string of the molecule is CC1CN(CC2CCCC(C)(C)C2O)CCN1C. The topological polar surface area (TPSA) is 26.7 Å². The molecule has 0 radical (unpaired) electrons. The molecule has 2 aliphatic rings. The fourth-order valence-corrected chi connectivity index (χ4v) is 3.58. The van der Waals surface area contributed by atoms with Gasteiger partial charge >= 0.3 is 0 Å². The van der Waals surface area contributed by atoms with Crippen molar-refractivity contribution in [2.24, 2.45) is 11.3 Å². The van der Waals surface area contributed by atoms with Crippen LogP contribution in [0.2, 0.25) is 0 Å². The lowest BCUT2D eigenvalue weighted by atomic mass is 9.69. The second-order valence-electron chi connectivity index (χ2n) is 7.17. The largest absolute Gasteiger partial charge is 0.392 e. The highest BCUT2D eigenvalue weighted by molar-refractivity contribution is 4.90. The molecule has 3 nitrogen and oxygen atoms in total. The van der Waals surface area contributed by atoms with E-state index in [0.29, 0.717) is 12.0 Å². The first-order valence-electron chi connectivity index (χ1n) is 7.51. The first kappa shape index (κ1) is 14.3. The Kier molecular flexibility index (Phi) is 4.35. The maximum atomic E-state index is 10.5. The average molecular weight is 254 g/mol. The average Bonchev–Trinajstić information content (AvgIpc) is 2.30. The van der Waals surface area contributed by atoms with Crippen LogP contribution in [-0.2, 0) is 0 Å². The van der Waals surface area contributed by atoms with Gasteiger partial charge in [0.25, 0.3) is 0 Å². The quantitative estimate of drug-likeness (QED) is 0.814. The number of aliphatic hydroxyl groups is 1. The highest BCUT2D eigenvalue weighted by atomic mass is 16.3. The summed E-state index contributed by atoms with van der Waals surface area (Å²) in [5.41, 5.74) is 0.112. The zero-order valence-electron chi connectivity index (χ0n) is 12.5. The lowest BCUT2D eigenvalue weighted by molar-refractivity contribution is -0.0485. The van der Waals surface area contributed by atoms with E-state index in [1.807, 2.05) is 0 Å². The number of piperazine rings is 1. The molecule has 1 aliphatic heterocycles. The normalized spacial score (nSPS) is 38.8. The second kappa shape index (κ2) is 5.48. The van der Waals surface area contributed by atoms with Crippen LogP contribution in [0.3, 0.4) is 0 Å². The van der Waals surface area contributed by atoms with Crippen LogP contribution in [0.25, 0.3) is 0 Å². The fraction of sp³-hybridized carbons (Fsp3) is 1.00. The molecule has 0 amide bonds. The molecule has 1 aliphatic carbocycles. The fourth-order valence-electron chi connectivity index (χ4n) is 3.58. The number of hydrogen-bond donors (Lipinski definition) is 1. The highest BCUT2D eigenvalue weighted by Crippen LogP contribution is 2.39. The number of hydrogen-bond acceptors (Lipinski definition) is 3. The molecular formula is C15H30N2O. The van der Waals surface area contributed by atoms with Crippen LogP contribution in [0.4, 0.5) is 0 Å². The molecule has 106 valence electrons. The molecule has 2 fully saturated rings. The third-order valence-corrected chi connectivity index (χ3v) is 5.18. The Bertz CT molecular complexity index is 280. The van der Waals surface area contributed by atoms with Crippen LogP contribution in [-0.4, -0.2) is 60.3 Å². The lowest BCUT2D eigenvalue weighted by Gasteiger charge is -2.45. The van der Waals surface area contributed by atoms with Gasteiger partial charge in [-0.2, -0.15) is 0 Å². The van der Waals surface area contributed by atoms with Crippen LogP contribution < -0.4 is 0 Å². The Morgan fingerprint density at radius 3 is 2.67 bits per heavy atom. The first-order valence-corrected chi connectivity index (χ1v) is 7.51. The molecule has 0 aromatic carbocycles. The predicted molar refractivity (Wildman–Crippen MR) is 75.7 cm³/mol. The molecule has 3 unspecified atom stereocenters. The van der Waals surface area contributed by atoms with Crippen LogP contribution in [0.5, 0.6) is 0 Å². The van der Waals surface area contributed by atoms with Gasteiger partial charge in [-0.05, 0) is 38.1 Å². The third-order valence-electron chi connectivity index (χ3n) is 5.18. The Morgan fingerprint density at radius 2 is 2.00 bits per heavy atom. The maximum absolute atomic E-state index is 10.5. The van der Waals surface area contributed by atoms with Crippen LogP contribution >= 0.6 is 0 Å². The van der Waals surface area contributed by atoms with Crippen molar-refractivity contribution in [2.75, 3.05) is 33.2 Å². The van der Waals surface area contributed by atoms with E-state index in [2.05, 4.69) is 37.6 Å². The van der Waals surface area contributed by atoms with Gasteiger partial charge in [-0.25, -0.2) is 0 Å². The molecule has 1 saturated carbocycles. The van der Waals surface area contributed by atoms with Gasteiger partial charge in [0.2, 0.25) is 0 Å². The summed E-state index contributed by atoms with van der Waals surface area (Å²) in [6.45, 7) is 11.3. The van der Waals surface area contributed by atoms with Gasteiger partial charge in [-0.3, -0.25) is 0 Å². The number of aliphatic hydroxyl groups excluding tert-OH is 1. The van der Waals surface area contributed by atoms with Crippen LogP contribution in [0.1, 0.15) is 40.0 Å². The van der Waals surface area contributed by atoms with E-state index in [4.69, 9.17) is 0 Å². The van der Waals surface area contributed by atoms with E-state index >= 15 is 0 Å². The summed E-state index contributed by atoms with van der Waals surface area (Å²) in [4.78, 5) is 4.98. The summed E-state index contributed by atoms with van der Waals surface area (Å²) >= 11 is 0. The molecule has 0 aromatic heterocycles. The first-order chi connectivity index (χ1) is 8.40. The standard InChI is InChI=1S/C15H30N2O/c1-12-10-17(9-8-16(12)4)11-13-6-5-7-15(2,3)14(13)18/h12-14,18H,5-11H2,1-4H3. The van der Waals surface area contributed by atoms with E-state index in [-0.39, 0.29) is 11.5 Å². The van der Waals surface area contributed by atoms with Gasteiger partial charge in [0.15, 0.2) is 0 Å². The molecule has 0 bridgehead atoms. The van der Waals surface area contributed by atoms with E-state index in [1.165, 1.54) is 19.3 Å². The van der Waals surface area contributed by atoms with Gasteiger partial charge in [0.05, 0.1) is 6.10 Å². The van der Waals surface area contributed by atoms with E-state index in [9.17, 15) is 5.11 Å². The molecule has 0 spiro atoms. The van der Waals surface area contributed by atoms with Gasteiger partial charge in [-0.15, -0.1) is 0 Å². The van der Waals surface area contributed by atoms with Crippen molar-refractivity contribution in [2.45, 2.75) is 52.2 Å². The molecule has 1 heterocycles. The van der Waals surface area contributed by atoms with Crippen LogP contribution in [0, 0.1) is 11.3 Å². The maximum Gasteiger partial charge on any atom is 0.0631 e. The summed E-state index contributed by atoms with van der Waals surface area (Å²) in [5.74, 6) is 0.476. The summed E-state index contributed by atoms with van der Waals surface area (Å²) in [6.07, 6.45) is 3.52. The van der Waals surface area contributed by atoms with Crippen molar-refractivity contribution < 1.29 is 5.11 Å². The second-order valence-corrected chi connectivity index (χ2v) is 7.17. The van der Waals surface area contributed by atoms with Gasteiger partial charge in [-0.1, -0.05) is 20.3 Å². The van der Waals surface area contributed by atoms with E-state index in [0.717, 1.165) is 26.2 Å². The van der Waals surface area contributed by atoms with Crippen molar-refractivity contribution in [3.8, 4) is 0 Å². The van der Waals surface area contributed by atoms with Crippen molar-refractivity contribution >= 4 is 0 Å². The highest BCUT2D eigenvalue weighted by Gasteiger charge is 2.38. The Hall–Kier alpha value is -0.120. The molecule has 2 rings (SSSR count). The minimum atomic E-state index is -0.124. The van der Waals surface area contributed by atoms with E-state index in [1.54, 1.807) is 0 Å². The third kappa shape index (κ3) is 3.06. The van der Waals surface area contributed by atoms with Gasteiger partial charge in [0, 0.05) is 32.2 Å². The molecule has 3 heteroatoms. The predicted octanol–water partition coefficient (Wildman–Crippen LogP) is 1.81. The molecule has 0 aromatic rings. The number of nitrogens with zero attached hydrogens (tertiary/aromatic N) is 2. The van der Waals surface area contributed by atoms with Crippen molar-refractivity contribution in [3.63, 3.8) is 0 Å². The summed E-state index contributed by atoms with van der Waals surface area (Å²) < 4.78 is 0. The summed E-state index contributed by atoms with van der Waals surface area (Å²) in [6, 6.07) is 0.646. The smallest absolute Gasteiger partial charge is 0.0631 e. The molecule has 18 heavy (non-hydrogen) atoms. The molecular weight excluding hydrogens is 224 g/mol. The minimum Gasteiger partial charge on any atom is -0.392 e. The number of rotatable bonds is 2. The van der Waals surface area contributed by atoms with Gasteiger partial charge in [0.1, 0.15) is 0 Å². The number of likely N-dealkylation sites (N-methyl/N-ethyl adjacent to an activating group) is 1. The van der Waals surface area contributed by atoms with Crippen molar-refractivity contribution in [3.05, 3.63) is 0 Å². The summed E-state index contributed by atoms with van der Waals surface area (Å²) in [7, 11) is 2.21. The Balaban J connectivity index is 1.89. The van der Waals surface area contributed by atoms with Crippen molar-refractivity contribution in [1.29, 1.82) is 0 Å². The van der Waals surface area contributed by atoms with Gasteiger partial charge < -0.3 is 14.9 Å². The van der Waals surface area contributed by atoms with Crippen molar-refractivity contribution in [1.82, 2.24) is 9.80 Å². The molecule has 1 N–H and O–H groups in total. The minimum absolute atomic E-state index is 0.112. The lowest BCUT2D eigenvalue weighted by Crippen LogP contribution is -2.53. The zero-order chi connectivity index (χ0) is 13.3. The van der Waals surface area contributed by atoms with E-state index < -0.39 is 0 Å². The molecule has 1 saturated heterocycles. The zero-order valence-corrected chi connectivity index (χ0v) is 12.5. The Labute approximate surface area is 112 Å². The monoisotopic (exact) mass is 254 g/mol. The molecule has 3 atom stereocenters. The summed E-state index contributed by atoms with van der Waals surface area (Å²) in [5, 5.41) is 10.5.